The van der Waals surface area contributed by atoms with Crippen molar-refractivity contribution in [1.29, 1.82) is 0 Å². The molecule has 2 heterocycles. The number of hydrogen-bond donors (Lipinski definition) is 1. The van der Waals surface area contributed by atoms with Gasteiger partial charge >= 0.3 is 0 Å². The topological polar surface area (TPSA) is 71.4 Å². The molecule has 0 aliphatic heterocycles. The fourth-order valence-electron chi connectivity index (χ4n) is 2.35. The first-order valence-corrected chi connectivity index (χ1v) is 6.91. The zero-order valence-electron chi connectivity index (χ0n) is 12.7. The highest BCUT2D eigenvalue weighted by Gasteiger charge is 2.16. The zero-order chi connectivity index (χ0) is 15.7. The van der Waals surface area contributed by atoms with Crippen LogP contribution in [0.25, 0.3) is 10.9 Å². The maximum absolute atomic E-state index is 12.5. The predicted octanol–water partition coefficient (Wildman–Crippen LogP) is 2.75. The minimum Gasteiger partial charge on any atom is -0.497 e. The average Bonchev–Trinajstić information content (AvgIpc) is 3.11. The number of aromatic amines is 1. The quantitative estimate of drug-likeness (QED) is 0.804. The standard InChI is InChI=1S/C16H17N3O3/c1-10-6-13(22-18-10)9-19(2)16(20)15-8-11-7-12(21-3)4-5-14(11)17-15/h4-8,17H,9H2,1-3H3. The van der Waals surface area contributed by atoms with Gasteiger partial charge in [0.05, 0.1) is 19.3 Å². The van der Waals surface area contributed by atoms with Gasteiger partial charge < -0.3 is 19.1 Å². The molecule has 1 amide bonds. The van der Waals surface area contributed by atoms with Gasteiger partial charge in [0.1, 0.15) is 11.4 Å². The van der Waals surface area contributed by atoms with Crippen LogP contribution in [0.15, 0.2) is 34.9 Å². The summed E-state index contributed by atoms with van der Waals surface area (Å²) in [6.07, 6.45) is 0. The van der Waals surface area contributed by atoms with Gasteiger partial charge in [0.15, 0.2) is 5.76 Å². The highest BCUT2D eigenvalue weighted by atomic mass is 16.5. The van der Waals surface area contributed by atoms with Gasteiger partial charge in [-0.2, -0.15) is 0 Å². The summed E-state index contributed by atoms with van der Waals surface area (Å²) < 4.78 is 10.3. The van der Waals surface area contributed by atoms with E-state index in [1.807, 2.05) is 37.3 Å². The molecule has 22 heavy (non-hydrogen) atoms. The molecular formula is C16H17N3O3. The van der Waals surface area contributed by atoms with E-state index in [2.05, 4.69) is 10.1 Å². The highest BCUT2D eigenvalue weighted by Crippen LogP contribution is 2.22. The Kier molecular flexibility index (Phi) is 3.58. The van der Waals surface area contributed by atoms with Gasteiger partial charge in [0.2, 0.25) is 0 Å². The van der Waals surface area contributed by atoms with Crippen LogP contribution in [-0.4, -0.2) is 35.1 Å². The number of hydrogen-bond acceptors (Lipinski definition) is 4. The number of ether oxygens (including phenoxy) is 1. The predicted molar refractivity (Wildman–Crippen MR) is 81.9 cm³/mol. The average molecular weight is 299 g/mol. The molecule has 6 nitrogen and oxygen atoms in total. The molecule has 0 bridgehead atoms. The van der Waals surface area contributed by atoms with Crippen molar-refractivity contribution in [2.75, 3.05) is 14.2 Å². The number of carbonyl (C=O) groups is 1. The second kappa shape index (κ2) is 5.55. The molecular weight excluding hydrogens is 282 g/mol. The Balaban J connectivity index is 1.81. The Morgan fingerprint density at radius 2 is 2.18 bits per heavy atom. The van der Waals surface area contributed by atoms with Crippen molar-refractivity contribution in [3.8, 4) is 5.75 Å². The van der Waals surface area contributed by atoms with E-state index in [4.69, 9.17) is 9.26 Å². The minimum absolute atomic E-state index is 0.107. The summed E-state index contributed by atoms with van der Waals surface area (Å²) in [6.45, 7) is 2.22. The van der Waals surface area contributed by atoms with Crippen LogP contribution in [-0.2, 0) is 6.54 Å². The number of aromatic nitrogens is 2. The molecule has 1 aromatic carbocycles. The van der Waals surface area contributed by atoms with Crippen LogP contribution in [0.2, 0.25) is 0 Å². The first kappa shape index (κ1) is 14.2. The maximum Gasteiger partial charge on any atom is 0.270 e. The molecule has 6 heteroatoms. The van der Waals surface area contributed by atoms with Gasteiger partial charge in [-0.15, -0.1) is 0 Å². The van der Waals surface area contributed by atoms with Gasteiger partial charge in [-0.25, -0.2) is 0 Å². The molecule has 0 aliphatic carbocycles. The molecule has 0 saturated heterocycles. The number of fused-ring (bicyclic) bond motifs is 1. The number of rotatable bonds is 4. The minimum atomic E-state index is -0.107. The van der Waals surface area contributed by atoms with E-state index >= 15 is 0 Å². The SMILES string of the molecule is COc1ccc2[nH]c(C(=O)N(C)Cc3cc(C)no3)cc2c1. The summed E-state index contributed by atoms with van der Waals surface area (Å²) in [7, 11) is 3.35. The van der Waals surface area contributed by atoms with Crippen LogP contribution in [0.5, 0.6) is 5.75 Å². The summed E-state index contributed by atoms with van der Waals surface area (Å²) in [5.41, 5.74) is 2.23. The van der Waals surface area contributed by atoms with Crippen LogP contribution >= 0.6 is 0 Å². The normalized spacial score (nSPS) is 10.9. The fourth-order valence-corrected chi connectivity index (χ4v) is 2.35. The summed E-state index contributed by atoms with van der Waals surface area (Å²) in [5.74, 6) is 1.31. The van der Waals surface area contributed by atoms with Crippen LogP contribution in [0.3, 0.4) is 0 Å². The number of carbonyl (C=O) groups excluding carboxylic acids is 1. The molecule has 1 N–H and O–H groups in total. The second-order valence-corrected chi connectivity index (χ2v) is 5.23. The van der Waals surface area contributed by atoms with E-state index in [0.29, 0.717) is 18.0 Å². The third-order valence-corrected chi connectivity index (χ3v) is 3.47. The first-order chi connectivity index (χ1) is 10.6. The van der Waals surface area contributed by atoms with Crippen LogP contribution < -0.4 is 4.74 Å². The first-order valence-electron chi connectivity index (χ1n) is 6.91. The van der Waals surface area contributed by atoms with E-state index < -0.39 is 0 Å². The monoisotopic (exact) mass is 299 g/mol. The van der Waals surface area contributed by atoms with Crippen molar-refractivity contribution in [3.63, 3.8) is 0 Å². The van der Waals surface area contributed by atoms with Gasteiger partial charge in [0, 0.05) is 24.0 Å². The molecule has 0 spiro atoms. The molecule has 0 radical (unpaired) electrons. The summed E-state index contributed by atoms with van der Waals surface area (Å²) in [5, 5.41) is 4.76. The molecule has 0 fully saturated rings. The lowest BCUT2D eigenvalue weighted by molar-refractivity contribution is 0.0767. The number of amides is 1. The van der Waals surface area contributed by atoms with E-state index in [-0.39, 0.29) is 5.91 Å². The molecule has 3 rings (SSSR count). The highest BCUT2D eigenvalue weighted by molar-refractivity contribution is 5.98. The largest absolute Gasteiger partial charge is 0.497 e. The molecule has 3 aromatic rings. The van der Waals surface area contributed by atoms with Gasteiger partial charge in [-0.1, -0.05) is 5.16 Å². The van der Waals surface area contributed by atoms with E-state index in [1.54, 1.807) is 19.1 Å². The Morgan fingerprint density at radius 1 is 1.36 bits per heavy atom. The van der Waals surface area contributed by atoms with E-state index in [1.165, 1.54) is 0 Å². The van der Waals surface area contributed by atoms with E-state index in [0.717, 1.165) is 22.3 Å². The van der Waals surface area contributed by atoms with Crippen molar-refractivity contribution in [2.45, 2.75) is 13.5 Å². The third-order valence-electron chi connectivity index (χ3n) is 3.47. The number of methoxy groups -OCH3 is 1. The van der Waals surface area contributed by atoms with Crippen molar-refractivity contribution in [1.82, 2.24) is 15.0 Å². The van der Waals surface area contributed by atoms with Gasteiger partial charge in [-0.05, 0) is 31.2 Å². The maximum atomic E-state index is 12.5. The lowest BCUT2D eigenvalue weighted by Crippen LogP contribution is -2.26. The van der Waals surface area contributed by atoms with Gasteiger partial charge in [-0.3, -0.25) is 4.79 Å². The van der Waals surface area contributed by atoms with Gasteiger partial charge in [0.25, 0.3) is 5.91 Å². The van der Waals surface area contributed by atoms with Crippen LogP contribution in [0.4, 0.5) is 0 Å². The third kappa shape index (κ3) is 2.67. The molecule has 0 aliphatic rings. The summed E-state index contributed by atoms with van der Waals surface area (Å²) >= 11 is 0. The lowest BCUT2D eigenvalue weighted by Gasteiger charge is -2.13. The van der Waals surface area contributed by atoms with Crippen molar-refractivity contribution < 1.29 is 14.1 Å². The number of benzene rings is 1. The van der Waals surface area contributed by atoms with Crippen LogP contribution in [0, 0.1) is 6.92 Å². The molecule has 0 atom stereocenters. The van der Waals surface area contributed by atoms with E-state index in [9.17, 15) is 4.79 Å². The lowest BCUT2D eigenvalue weighted by atomic mass is 10.2. The Labute approximate surface area is 127 Å². The molecule has 2 aromatic heterocycles. The summed E-state index contributed by atoms with van der Waals surface area (Å²) in [6, 6.07) is 9.28. The fraction of sp³-hybridized carbons (Fsp3) is 0.250. The zero-order valence-corrected chi connectivity index (χ0v) is 12.7. The second-order valence-electron chi connectivity index (χ2n) is 5.23. The number of nitrogens with one attached hydrogen (secondary N) is 1. The Bertz CT molecular complexity index is 819. The van der Waals surface area contributed by atoms with Crippen molar-refractivity contribution in [3.05, 3.63) is 47.5 Å². The van der Waals surface area contributed by atoms with Crippen LogP contribution in [0.1, 0.15) is 21.9 Å². The molecule has 0 unspecified atom stereocenters. The number of aryl methyl sites for hydroxylation is 1. The Morgan fingerprint density at radius 3 is 2.86 bits per heavy atom. The summed E-state index contributed by atoms with van der Waals surface area (Å²) in [4.78, 5) is 17.2. The molecule has 0 saturated carbocycles. The Hall–Kier alpha value is -2.76. The number of H-pyrrole nitrogens is 1. The van der Waals surface area contributed by atoms with Crippen molar-refractivity contribution in [2.24, 2.45) is 0 Å². The van der Waals surface area contributed by atoms with Crippen molar-refractivity contribution >= 4 is 16.8 Å². The number of nitrogens with zero attached hydrogens (tertiary/aromatic N) is 2. The smallest absolute Gasteiger partial charge is 0.270 e. The molecule has 114 valence electrons.